The van der Waals surface area contributed by atoms with E-state index in [0.717, 1.165) is 123 Å². The molecule has 24 aromatic rings. The van der Waals surface area contributed by atoms with E-state index in [1.807, 2.05) is 85.3 Å². The molecule has 15 aromatic carbocycles. The van der Waals surface area contributed by atoms with Gasteiger partial charge in [0.25, 0.3) is 0 Å². The Morgan fingerprint density at radius 2 is 0.476 bits per heavy atom. The summed E-state index contributed by atoms with van der Waals surface area (Å²) in [6.07, 6.45) is 6.00. The minimum atomic E-state index is 0.628. The molecular weight excluding hydrogens is 1540 g/mol. The molecule has 0 aliphatic carbocycles. The summed E-state index contributed by atoms with van der Waals surface area (Å²) in [5.74, 6) is 2.52. The molecule has 0 fully saturated rings. The van der Waals surface area contributed by atoms with Crippen molar-refractivity contribution >= 4 is 131 Å². The molecule has 0 N–H and O–H groups in total. The number of nitrogens with zero attached hydrogens (tertiary/aromatic N) is 12. The number of aryl methyl sites for hydroxylation is 6. The molecule has 0 unspecified atom stereocenters. The van der Waals surface area contributed by atoms with Crippen LogP contribution in [0.5, 0.6) is 0 Å². The number of rotatable bonds is 9. The van der Waals surface area contributed by atoms with Gasteiger partial charge in [0.15, 0.2) is 0 Å². The van der Waals surface area contributed by atoms with Crippen LogP contribution in [0.1, 0.15) is 50.1 Å². The molecule has 0 bridgehead atoms. The average Bonchev–Trinajstić information content (AvgIpc) is 1.57. The molecule has 0 amide bonds. The van der Waals surface area contributed by atoms with Crippen molar-refractivity contribution in [3.05, 3.63) is 414 Å². The largest absolute Gasteiger partial charge is 0.307 e. The SMILES string of the molecule is Cc1cccc2c3ccccc3n(-c3cc(-c4ccc(C#N)cc4)c(-n4c5ccccc5c5cccc(C)c54)cn3)c12.Cc1cccc2c3ccccc3n(-c3cc(-c4cccc(C#N)c4)c(-n4c5ccccc5c5cccc(C)c54)cn3)c12.Cc1cccc2c3ccccc3n(-c3cc(-c4ccccc4C#N)c(-n4c5ccccc5c5cccc(C)c54)cn3)c12. The molecule has 0 spiro atoms. The Bertz CT molecular complexity index is 8790. The lowest BCUT2D eigenvalue weighted by atomic mass is 9.99. The molecule has 12 nitrogen and oxygen atoms in total. The van der Waals surface area contributed by atoms with Crippen LogP contribution in [0.15, 0.2) is 364 Å². The molecular formula is C114H78N12. The summed E-state index contributed by atoms with van der Waals surface area (Å²) in [5, 5.41) is 43.9. The zero-order valence-corrected chi connectivity index (χ0v) is 70.0. The van der Waals surface area contributed by atoms with Crippen molar-refractivity contribution in [3.63, 3.8) is 0 Å². The highest BCUT2D eigenvalue weighted by molar-refractivity contribution is 6.16. The van der Waals surface area contributed by atoms with Crippen LogP contribution in [0, 0.1) is 75.5 Å². The third-order valence-electron chi connectivity index (χ3n) is 25.4. The van der Waals surface area contributed by atoms with E-state index >= 15 is 0 Å². The van der Waals surface area contributed by atoms with Crippen molar-refractivity contribution in [2.24, 2.45) is 0 Å². The normalized spacial score (nSPS) is 11.5. The second-order valence-electron chi connectivity index (χ2n) is 32.7. The van der Waals surface area contributed by atoms with Crippen molar-refractivity contribution in [1.82, 2.24) is 42.4 Å². The number of hydrogen-bond donors (Lipinski definition) is 0. The predicted octanol–water partition coefficient (Wildman–Crippen LogP) is 28.3. The molecule has 0 aliphatic heterocycles. The average molecular weight is 1620 g/mol. The number of hydrogen-bond acceptors (Lipinski definition) is 6. The summed E-state index contributed by atoms with van der Waals surface area (Å²) in [4.78, 5) is 15.5. The van der Waals surface area contributed by atoms with Crippen molar-refractivity contribution < 1.29 is 0 Å². The molecule has 24 rings (SSSR count). The van der Waals surface area contributed by atoms with E-state index < -0.39 is 0 Å². The van der Waals surface area contributed by atoms with Gasteiger partial charge in [0.2, 0.25) is 0 Å². The van der Waals surface area contributed by atoms with Gasteiger partial charge in [-0.1, -0.05) is 261 Å². The Labute approximate surface area is 726 Å². The minimum Gasteiger partial charge on any atom is -0.307 e. The van der Waals surface area contributed by atoms with Crippen LogP contribution in [-0.2, 0) is 0 Å². The van der Waals surface area contributed by atoms with Crippen LogP contribution in [0.25, 0.3) is 199 Å². The Balaban J connectivity index is 0.000000112. The van der Waals surface area contributed by atoms with Crippen molar-refractivity contribution in [1.29, 1.82) is 15.8 Å². The molecule has 0 radical (unpaired) electrons. The highest BCUT2D eigenvalue weighted by Gasteiger charge is 2.27. The van der Waals surface area contributed by atoms with Gasteiger partial charge >= 0.3 is 0 Å². The summed E-state index contributed by atoms with van der Waals surface area (Å²) in [6, 6.07) is 127. The Morgan fingerprint density at radius 3 is 0.810 bits per heavy atom. The smallest absolute Gasteiger partial charge is 0.138 e. The van der Waals surface area contributed by atoms with E-state index in [2.05, 4.69) is 366 Å². The second kappa shape index (κ2) is 30.3. The molecule has 0 aliphatic rings. The maximum Gasteiger partial charge on any atom is 0.138 e. The first-order valence-corrected chi connectivity index (χ1v) is 42.4. The summed E-state index contributed by atoms with van der Waals surface area (Å²) >= 11 is 0. The van der Waals surface area contributed by atoms with Crippen LogP contribution >= 0.6 is 0 Å². The van der Waals surface area contributed by atoms with Gasteiger partial charge in [-0.25, -0.2) is 15.0 Å². The van der Waals surface area contributed by atoms with Crippen LogP contribution in [0.4, 0.5) is 0 Å². The molecule has 9 heterocycles. The van der Waals surface area contributed by atoms with Gasteiger partial charge in [-0.2, -0.15) is 15.8 Å². The van der Waals surface area contributed by atoms with Crippen molar-refractivity contribution in [3.8, 4) is 86.1 Å². The van der Waals surface area contributed by atoms with Gasteiger partial charge in [-0.05, 0) is 171 Å². The topological polar surface area (TPSA) is 140 Å². The van der Waals surface area contributed by atoms with E-state index in [-0.39, 0.29) is 0 Å². The molecule has 9 aromatic heterocycles. The number of pyridine rings is 3. The van der Waals surface area contributed by atoms with Crippen LogP contribution in [0.3, 0.4) is 0 Å². The fraction of sp³-hybridized carbons (Fsp3) is 0.0526. The zero-order chi connectivity index (χ0) is 85.1. The second-order valence-corrected chi connectivity index (χ2v) is 32.7. The van der Waals surface area contributed by atoms with Crippen LogP contribution in [-0.4, -0.2) is 42.4 Å². The fourth-order valence-corrected chi connectivity index (χ4v) is 19.8. The Kier molecular flexibility index (Phi) is 18.1. The standard InChI is InChI=1S/3C38H26N4/c1-24-10-7-16-30-28-14-3-5-18-33(28)41(37(24)30)35-23-40-36(21-32(35)27-13-9-12-26(20-27)22-39)42-34-19-6-4-15-29(34)31-17-8-11-25(2)38(31)42;1-24-9-7-13-30-28-11-3-5-15-33(28)41(37(24)30)35-23-40-36(21-32(35)27-19-17-26(22-39)18-20-27)42-34-16-6-4-12-29(34)31-14-8-10-25(2)38(31)42;1-24-11-9-17-30-28-15-5-7-19-33(28)41(37(24)30)35-23-40-36(21-32(35)27-14-4-3-13-26(27)22-39)42-34-20-8-6-16-29(34)31-18-10-12-25(2)38(31)42/h3*3-21,23H,1-2H3. The molecule has 12 heteroatoms. The third-order valence-corrected chi connectivity index (χ3v) is 25.4. The zero-order valence-electron chi connectivity index (χ0n) is 70.0. The van der Waals surface area contributed by atoms with E-state index in [4.69, 9.17) is 15.0 Å². The third kappa shape index (κ3) is 12.0. The minimum absolute atomic E-state index is 0.628. The molecule has 0 atom stereocenters. The maximum absolute atomic E-state index is 10.2. The van der Waals surface area contributed by atoms with Gasteiger partial charge in [-0.15, -0.1) is 0 Å². The van der Waals surface area contributed by atoms with Gasteiger partial charge in [-0.3, -0.25) is 13.7 Å². The summed E-state index contributed by atoms with van der Waals surface area (Å²) in [5.41, 5.74) is 31.6. The fourth-order valence-electron chi connectivity index (χ4n) is 19.8. The van der Waals surface area contributed by atoms with E-state index in [1.165, 1.54) is 109 Å². The Morgan fingerprint density at radius 1 is 0.206 bits per heavy atom. The first-order valence-electron chi connectivity index (χ1n) is 42.4. The lowest BCUT2D eigenvalue weighted by Crippen LogP contribution is -2.04. The van der Waals surface area contributed by atoms with E-state index in [0.29, 0.717) is 16.7 Å². The summed E-state index contributed by atoms with van der Waals surface area (Å²) in [6.45, 7) is 13.0. The highest BCUT2D eigenvalue weighted by atomic mass is 15.1. The Hall–Kier alpha value is -17.0. The molecule has 0 saturated carbocycles. The maximum atomic E-state index is 10.2. The number of benzene rings is 15. The van der Waals surface area contributed by atoms with E-state index in [9.17, 15) is 15.8 Å². The number of nitriles is 3. The number of fused-ring (bicyclic) bond motifs is 18. The van der Waals surface area contributed by atoms with Crippen LogP contribution in [0.2, 0.25) is 0 Å². The monoisotopic (exact) mass is 1610 g/mol. The number of aromatic nitrogens is 9. The van der Waals surface area contributed by atoms with Crippen molar-refractivity contribution in [2.75, 3.05) is 0 Å². The predicted molar refractivity (Wildman–Crippen MR) is 518 cm³/mol. The van der Waals surface area contributed by atoms with Gasteiger partial charge in [0.05, 0.1) is 137 Å². The number of para-hydroxylation sites is 12. The first-order chi connectivity index (χ1) is 61.9. The van der Waals surface area contributed by atoms with Crippen LogP contribution < -0.4 is 0 Å². The lowest BCUT2D eigenvalue weighted by molar-refractivity contribution is 1.05. The van der Waals surface area contributed by atoms with Gasteiger partial charge < -0.3 is 13.7 Å². The van der Waals surface area contributed by atoms with Crippen molar-refractivity contribution in [2.45, 2.75) is 41.5 Å². The summed E-state index contributed by atoms with van der Waals surface area (Å²) < 4.78 is 13.8. The highest BCUT2D eigenvalue weighted by Crippen LogP contribution is 2.46. The first kappa shape index (κ1) is 75.2. The van der Waals surface area contributed by atoms with E-state index in [1.54, 1.807) is 0 Å². The molecule has 0 saturated heterocycles. The van der Waals surface area contributed by atoms with Gasteiger partial charge in [0, 0.05) is 86.9 Å². The molecule has 126 heavy (non-hydrogen) atoms. The quantitative estimate of drug-likeness (QED) is 0.141. The summed E-state index contributed by atoms with van der Waals surface area (Å²) in [7, 11) is 0. The lowest BCUT2D eigenvalue weighted by Gasteiger charge is -2.18. The van der Waals surface area contributed by atoms with Gasteiger partial charge in [0.1, 0.15) is 17.5 Å². The molecule has 594 valence electrons.